The molecule has 1 atom stereocenters. The molecular formula is C20H42O2. The lowest BCUT2D eigenvalue weighted by Crippen LogP contribution is -2.13. The molecule has 0 aromatic rings. The first-order chi connectivity index (χ1) is 10.8. The topological polar surface area (TPSA) is 18.5 Å². The molecule has 22 heavy (non-hydrogen) atoms. The Labute approximate surface area is 140 Å². The molecule has 0 aliphatic carbocycles. The van der Waals surface area contributed by atoms with Crippen LogP contribution in [0.5, 0.6) is 0 Å². The standard InChI is InChI=1S/C20H42O2/c1-4-7-9-11-12-14-16-20(15-13-10-8-5-2)19-22-18-17-21-6-3/h20H,4-19H2,1-3H3. The molecule has 0 aromatic carbocycles. The second-order valence-electron chi connectivity index (χ2n) is 6.54. The first-order valence-corrected chi connectivity index (χ1v) is 10.0. The Bertz CT molecular complexity index is 194. The van der Waals surface area contributed by atoms with Gasteiger partial charge in [0.2, 0.25) is 0 Å². The number of rotatable bonds is 18. The van der Waals surface area contributed by atoms with Crippen LogP contribution in [-0.4, -0.2) is 26.4 Å². The van der Waals surface area contributed by atoms with Crippen molar-refractivity contribution in [3.05, 3.63) is 0 Å². The van der Waals surface area contributed by atoms with E-state index in [0.717, 1.165) is 32.3 Å². The van der Waals surface area contributed by atoms with Gasteiger partial charge in [-0.1, -0.05) is 78.1 Å². The highest BCUT2D eigenvalue weighted by molar-refractivity contribution is 4.60. The first-order valence-electron chi connectivity index (χ1n) is 10.0. The van der Waals surface area contributed by atoms with Gasteiger partial charge in [-0.25, -0.2) is 0 Å². The quantitative estimate of drug-likeness (QED) is 0.273. The highest BCUT2D eigenvalue weighted by Gasteiger charge is 2.09. The Morgan fingerprint density at radius 3 is 1.68 bits per heavy atom. The van der Waals surface area contributed by atoms with Crippen molar-refractivity contribution in [2.24, 2.45) is 5.92 Å². The van der Waals surface area contributed by atoms with E-state index in [2.05, 4.69) is 13.8 Å². The molecule has 0 spiro atoms. The molecule has 2 heteroatoms. The first kappa shape index (κ1) is 21.9. The van der Waals surface area contributed by atoms with Gasteiger partial charge in [-0.3, -0.25) is 0 Å². The predicted molar refractivity (Wildman–Crippen MR) is 97.6 cm³/mol. The Balaban J connectivity index is 3.69. The molecule has 0 rings (SSSR count). The van der Waals surface area contributed by atoms with Crippen LogP contribution >= 0.6 is 0 Å². The predicted octanol–water partition coefficient (Wildman–Crippen LogP) is 6.38. The van der Waals surface area contributed by atoms with Crippen LogP contribution in [0, 0.1) is 5.92 Å². The van der Waals surface area contributed by atoms with Gasteiger partial charge in [0, 0.05) is 13.2 Å². The van der Waals surface area contributed by atoms with Crippen LogP contribution in [0.1, 0.15) is 97.8 Å². The Kier molecular flexibility index (Phi) is 18.9. The molecule has 0 radical (unpaired) electrons. The molecule has 0 heterocycles. The highest BCUT2D eigenvalue weighted by Crippen LogP contribution is 2.19. The summed E-state index contributed by atoms with van der Waals surface area (Å²) in [5.74, 6) is 0.768. The Morgan fingerprint density at radius 2 is 1.09 bits per heavy atom. The highest BCUT2D eigenvalue weighted by atomic mass is 16.5. The van der Waals surface area contributed by atoms with E-state index in [0.29, 0.717) is 0 Å². The lowest BCUT2D eigenvalue weighted by molar-refractivity contribution is 0.0339. The van der Waals surface area contributed by atoms with Crippen LogP contribution < -0.4 is 0 Å². The molecule has 1 unspecified atom stereocenters. The summed E-state index contributed by atoms with van der Waals surface area (Å²) in [5.41, 5.74) is 0. The molecule has 0 bridgehead atoms. The summed E-state index contributed by atoms with van der Waals surface area (Å²) in [6.45, 7) is 9.84. The van der Waals surface area contributed by atoms with Crippen LogP contribution in [0.25, 0.3) is 0 Å². The summed E-state index contributed by atoms with van der Waals surface area (Å²) in [7, 11) is 0. The molecule has 0 aliphatic rings. The van der Waals surface area contributed by atoms with E-state index in [9.17, 15) is 0 Å². The largest absolute Gasteiger partial charge is 0.379 e. The fourth-order valence-corrected chi connectivity index (χ4v) is 2.90. The third-order valence-electron chi connectivity index (χ3n) is 4.36. The fourth-order valence-electron chi connectivity index (χ4n) is 2.90. The second kappa shape index (κ2) is 19.0. The van der Waals surface area contributed by atoms with Crippen LogP contribution in [-0.2, 0) is 9.47 Å². The van der Waals surface area contributed by atoms with Crippen LogP contribution in [0.15, 0.2) is 0 Å². The van der Waals surface area contributed by atoms with Crippen molar-refractivity contribution in [2.45, 2.75) is 97.8 Å². The van der Waals surface area contributed by atoms with Gasteiger partial charge in [0.05, 0.1) is 13.2 Å². The average molecular weight is 315 g/mol. The van der Waals surface area contributed by atoms with E-state index < -0.39 is 0 Å². The summed E-state index contributed by atoms with van der Waals surface area (Å²) in [6.07, 6.45) is 16.6. The monoisotopic (exact) mass is 314 g/mol. The van der Waals surface area contributed by atoms with E-state index in [1.165, 1.54) is 77.0 Å². The van der Waals surface area contributed by atoms with Gasteiger partial charge >= 0.3 is 0 Å². The van der Waals surface area contributed by atoms with Gasteiger partial charge in [0.1, 0.15) is 0 Å². The molecule has 0 saturated carbocycles. The smallest absolute Gasteiger partial charge is 0.0700 e. The summed E-state index contributed by atoms with van der Waals surface area (Å²) in [4.78, 5) is 0. The summed E-state index contributed by atoms with van der Waals surface area (Å²) < 4.78 is 11.2. The third kappa shape index (κ3) is 16.3. The van der Waals surface area contributed by atoms with Crippen LogP contribution in [0.4, 0.5) is 0 Å². The van der Waals surface area contributed by atoms with Crippen molar-refractivity contribution in [3.8, 4) is 0 Å². The van der Waals surface area contributed by atoms with E-state index in [1.807, 2.05) is 6.92 Å². The molecule has 2 nitrogen and oxygen atoms in total. The molecule has 0 fully saturated rings. The fraction of sp³-hybridized carbons (Fsp3) is 1.00. The van der Waals surface area contributed by atoms with Crippen molar-refractivity contribution in [2.75, 3.05) is 26.4 Å². The van der Waals surface area contributed by atoms with Crippen LogP contribution in [0.3, 0.4) is 0 Å². The van der Waals surface area contributed by atoms with Crippen molar-refractivity contribution in [3.63, 3.8) is 0 Å². The summed E-state index contributed by atoms with van der Waals surface area (Å²) in [6, 6.07) is 0. The minimum absolute atomic E-state index is 0.746. The van der Waals surface area contributed by atoms with E-state index in [1.54, 1.807) is 0 Å². The summed E-state index contributed by atoms with van der Waals surface area (Å²) in [5, 5.41) is 0. The van der Waals surface area contributed by atoms with Crippen molar-refractivity contribution in [1.82, 2.24) is 0 Å². The molecule has 0 saturated heterocycles. The number of hydrogen-bond acceptors (Lipinski definition) is 2. The maximum atomic E-state index is 5.83. The SMILES string of the molecule is CCCCCCCCC(CCCCCC)COCCOCC. The zero-order chi connectivity index (χ0) is 16.3. The van der Waals surface area contributed by atoms with Gasteiger partial charge < -0.3 is 9.47 Å². The van der Waals surface area contributed by atoms with Crippen LogP contribution in [0.2, 0.25) is 0 Å². The lowest BCUT2D eigenvalue weighted by atomic mass is 9.95. The molecule has 0 amide bonds. The van der Waals surface area contributed by atoms with Gasteiger partial charge in [-0.15, -0.1) is 0 Å². The third-order valence-corrected chi connectivity index (χ3v) is 4.36. The maximum absolute atomic E-state index is 5.83. The number of ether oxygens (including phenoxy) is 2. The van der Waals surface area contributed by atoms with Gasteiger partial charge in [0.15, 0.2) is 0 Å². The molecule has 0 aliphatic heterocycles. The van der Waals surface area contributed by atoms with Crippen molar-refractivity contribution >= 4 is 0 Å². The molecule has 134 valence electrons. The second-order valence-corrected chi connectivity index (χ2v) is 6.54. The number of hydrogen-bond donors (Lipinski definition) is 0. The zero-order valence-corrected chi connectivity index (χ0v) is 15.7. The lowest BCUT2D eigenvalue weighted by Gasteiger charge is -2.17. The van der Waals surface area contributed by atoms with Crippen molar-refractivity contribution in [1.29, 1.82) is 0 Å². The van der Waals surface area contributed by atoms with Gasteiger partial charge in [0.25, 0.3) is 0 Å². The Morgan fingerprint density at radius 1 is 0.591 bits per heavy atom. The summed E-state index contributed by atoms with van der Waals surface area (Å²) >= 11 is 0. The minimum Gasteiger partial charge on any atom is -0.379 e. The zero-order valence-electron chi connectivity index (χ0n) is 15.7. The van der Waals surface area contributed by atoms with Crippen molar-refractivity contribution < 1.29 is 9.47 Å². The average Bonchev–Trinajstić information content (AvgIpc) is 2.53. The van der Waals surface area contributed by atoms with E-state index >= 15 is 0 Å². The molecule has 0 N–H and O–H groups in total. The Hall–Kier alpha value is -0.0800. The van der Waals surface area contributed by atoms with Gasteiger partial charge in [-0.05, 0) is 25.7 Å². The number of unbranched alkanes of at least 4 members (excludes halogenated alkanes) is 8. The van der Waals surface area contributed by atoms with E-state index in [-0.39, 0.29) is 0 Å². The van der Waals surface area contributed by atoms with E-state index in [4.69, 9.17) is 9.47 Å². The van der Waals surface area contributed by atoms with Gasteiger partial charge in [-0.2, -0.15) is 0 Å². The molecule has 0 aromatic heterocycles. The normalized spacial score (nSPS) is 12.7. The maximum Gasteiger partial charge on any atom is 0.0700 e. The minimum atomic E-state index is 0.746. The molecular weight excluding hydrogens is 272 g/mol.